The number of nitrogen functional groups attached to an aromatic ring is 1. The van der Waals surface area contributed by atoms with Gasteiger partial charge in [0.2, 0.25) is 0 Å². The Kier molecular flexibility index (Phi) is 5.62. The summed E-state index contributed by atoms with van der Waals surface area (Å²) >= 11 is 1.70. The quantitative estimate of drug-likeness (QED) is 0.600. The highest BCUT2D eigenvalue weighted by Gasteiger charge is 2.05. The molecule has 5 nitrogen and oxygen atoms in total. The lowest BCUT2D eigenvalue weighted by atomic mass is 10.4. The molecular formula is C11H16N2O3S. The van der Waals surface area contributed by atoms with Gasteiger partial charge in [-0.2, -0.15) is 11.8 Å². The molecule has 0 aliphatic heterocycles. The molecule has 1 aromatic heterocycles. The minimum absolute atomic E-state index is 0.0966. The Balaban J connectivity index is 2.45. The summed E-state index contributed by atoms with van der Waals surface area (Å²) in [6.07, 6.45) is 1.43. The lowest BCUT2D eigenvalue weighted by molar-refractivity contribution is -0.143. The molecule has 1 heterocycles. The zero-order valence-corrected chi connectivity index (χ0v) is 10.5. The van der Waals surface area contributed by atoms with E-state index in [9.17, 15) is 9.59 Å². The maximum Gasteiger partial charge on any atom is 0.326 e. The fourth-order valence-electron chi connectivity index (χ4n) is 1.22. The summed E-state index contributed by atoms with van der Waals surface area (Å²) < 4.78 is 6.22. The third-order valence-electron chi connectivity index (χ3n) is 2.00. The zero-order valence-electron chi connectivity index (χ0n) is 9.72. The van der Waals surface area contributed by atoms with Gasteiger partial charge in [0.05, 0.1) is 0 Å². The van der Waals surface area contributed by atoms with Crippen molar-refractivity contribution < 1.29 is 9.53 Å². The Morgan fingerprint density at radius 1 is 1.53 bits per heavy atom. The Labute approximate surface area is 104 Å². The lowest BCUT2D eigenvalue weighted by Gasteiger charge is -2.06. The highest BCUT2D eigenvalue weighted by Crippen LogP contribution is 1.99. The fraction of sp³-hybridized carbons (Fsp3) is 0.455. The number of ether oxygens (including phenoxy) is 1. The van der Waals surface area contributed by atoms with E-state index in [0.717, 1.165) is 11.5 Å². The Hall–Kier alpha value is -1.43. The topological polar surface area (TPSA) is 74.3 Å². The van der Waals surface area contributed by atoms with Gasteiger partial charge in [0, 0.05) is 23.7 Å². The number of aromatic nitrogens is 1. The average Bonchev–Trinajstić information content (AvgIpc) is 2.29. The first-order valence-electron chi connectivity index (χ1n) is 5.33. The highest BCUT2D eigenvalue weighted by atomic mass is 32.2. The van der Waals surface area contributed by atoms with Gasteiger partial charge in [-0.15, -0.1) is 0 Å². The van der Waals surface area contributed by atoms with Gasteiger partial charge in [-0.1, -0.05) is 6.92 Å². The van der Waals surface area contributed by atoms with Crippen LogP contribution in [-0.4, -0.2) is 28.6 Å². The van der Waals surface area contributed by atoms with Gasteiger partial charge in [0.1, 0.15) is 13.2 Å². The van der Waals surface area contributed by atoms with Crippen molar-refractivity contribution in [1.29, 1.82) is 0 Å². The summed E-state index contributed by atoms with van der Waals surface area (Å²) in [5, 5.41) is 0. The smallest absolute Gasteiger partial charge is 0.326 e. The van der Waals surface area contributed by atoms with Crippen molar-refractivity contribution in [3.63, 3.8) is 0 Å². The van der Waals surface area contributed by atoms with Crippen LogP contribution in [-0.2, 0) is 16.1 Å². The third-order valence-corrected chi connectivity index (χ3v) is 2.86. The minimum Gasteiger partial charge on any atom is -0.463 e. The zero-order chi connectivity index (χ0) is 12.7. The molecule has 0 atom stereocenters. The van der Waals surface area contributed by atoms with Gasteiger partial charge in [-0.25, -0.2) is 0 Å². The molecular weight excluding hydrogens is 240 g/mol. The molecule has 0 saturated heterocycles. The van der Waals surface area contributed by atoms with Gasteiger partial charge in [-0.05, 0) is 11.8 Å². The lowest BCUT2D eigenvalue weighted by Crippen LogP contribution is -2.25. The summed E-state index contributed by atoms with van der Waals surface area (Å²) in [7, 11) is 0. The van der Waals surface area contributed by atoms with Gasteiger partial charge in [0.15, 0.2) is 0 Å². The maximum absolute atomic E-state index is 11.4. The van der Waals surface area contributed by atoms with Crippen molar-refractivity contribution >= 4 is 23.4 Å². The molecule has 0 aliphatic rings. The second kappa shape index (κ2) is 7.01. The number of nitrogens with zero attached hydrogens (tertiary/aromatic N) is 1. The maximum atomic E-state index is 11.4. The van der Waals surface area contributed by atoms with Crippen LogP contribution in [0.2, 0.25) is 0 Å². The third kappa shape index (κ3) is 4.95. The molecule has 0 fully saturated rings. The van der Waals surface area contributed by atoms with E-state index in [4.69, 9.17) is 10.5 Å². The van der Waals surface area contributed by atoms with Gasteiger partial charge in [0.25, 0.3) is 5.56 Å². The average molecular weight is 256 g/mol. The second-order valence-corrected chi connectivity index (χ2v) is 4.74. The predicted molar refractivity (Wildman–Crippen MR) is 69.1 cm³/mol. The van der Waals surface area contributed by atoms with Gasteiger partial charge in [-0.3, -0.25) is 9.59 Å². The largest absolute Gasteiger partial charge is 0.463 e. The molecule has 0 radical (unpaired) electrons. The van der Waals surface area contributed by atoms with Gasteiger partial charge < -0.3 is 15.0 Å². The number of rotatable bonds is 6. The molecule has 6 heteroatoms. The van der Waals surface area contributed by atoms with Crippen LogP contribution in [0.25, 0.3) is 0 Å². The van der Waals surface area contributed by atoms with E-state index in [0.29, 0.717) is 12.3 Å². The molecule has 0 unspecified atom stereocenters. The second-order valence-electron chi connectivity index (χ2n) is 3.35. The van der Waals surface area contributed by atoms with Crippen LogP contribution in [0.1, 0.15) is 6.92 Å². The molecule has 0 amide bonds. The molecule has 0 bridgehead atoms. The summed E-state index contributed by atoms with van der Waals surface area (Å²) in [4.78, 5) is 22.8. The van der Waals surface area contributed by atoms with E-state index in [1.54, 1.807) is 11.8 Å². The van der Waals surface area contributed by atoms with E-state index in [2.05, 4.69) is 0 Å². The molecule has 1 rings (SSSR count). The number of hydrogen-bond donors (Lipinski definition) is 1. The Morgan fingerprint density at radius 2 is 2.29 bits per heavy atom. The normalized spacial score (nSPS) is 10.2. The number of esters is 1. The standard InChI is InChI=1S/C11H16N2O3S/c1-2-17-6-5-16-11(15)8-13-7-9(12)3-4-10(13)14/h3-4,7H,2,5-6,8,12H2,1H3. The number of anilines is 1. The van der Waals surface area contributed by atoms with Crippen molar-refractivity contribution in [3.8, 4) is 0 Å². The van der Waals surface area contributed by atoms with Crippen LogP contribution in [0.5, 0.6) is 0 Å². The van der Waals surface area contributed by atoms with Crippen molar-refractivity contribution in [2.24, 2.45) is 0 Å². The molecule has 0 aromatic carbocycles. The first-order valence-corrected chi connectivity index (χ1v) is 6.48. The van der Waals surface area contributed by atoms with Crippen molar-refractivity contribution in [3.05, 3.63) is 28.7 Å². The number of carbonyl (C=O) groups is 1. The van der Waals surface area contributed by atoms with E-state index in [1.807, 2.05) is 6.92 Å². The predicted octanol–water partition coefficient (Wildman–Crippen LogP) is 0.727. The fourth-order valence-corrected chi connectivity index (χ4v) is 1.71. The molecule has 17 heavy (non-hydrogen) atoms. The summed E-state index contributed by atoms with van der Waals surface area (Å²) in [5.41, 5.74) is 5.71. The highest BCUT2D eigenvalue weighted by molar-refractivity contribution is 7.99. The number of thioether (sulfide) groups is 1. The van der Waals surface area contributed by atoms with E-state index >= 15 is 0 Å². The van der Waals surface area contributed by atoms with Crippen LogP contribution >= 0.6 is 11.8 Å². The molecule has 94 valence electrons. The van der Waals surface area contributed by atoms with Crippen LogP contribution < -0.4 is 11.3 Å². The van der Waals surface area contributed by atoms with Crippen molar-refractivity contribution in [2.45, 2.75) is 13.5 Å². The van der Waals surface area contributed by atoms with Crippen LogP contribution in [0, 0.1) is 0 Å². The first-order chi connectivity index (χ1) is 8.13. The Morgan fingerprint density at radius 3 is 3.00 bits per heavy atom. The number of hydrogen-bond acceptors (Lipinski definition) is 5. The van der Waals surface area contributed by atoms with Crippen molar-refractivity contribution in [2.75, 3.05) is 23.8 Å². The molecule has 2 N–H and O–H groups in total. The molecule has 0 aliphatic carbocycles. The van der Waals surface area contributed by atoms with Crippen LogP contribution in [0.4, 0.5) is 5.69 Å². The van der Waals surface area contributed by atoms with Crippen LogP contribution in [0.3, 0.4) is 0 Å². The summed E-state index contributed by atoms with van der Waals surface area (Å²) in [5.74, 6) is 1.34. The minimum atomic E-state index is -0.422. The number of carbonyl (C=O) groups excluding carboxylic acids is 1. The number of nitrogens with two attached hydrogens (primary N) is 1. The van der Waals surface area contributed by atoms with E-state index in [1.165, 1.54) is 22.9 Å². The number of pyridine rings is 1. The van der Waals surface area contributed by atoms with E-state index < -0.39 is 5.97 Å². The van der Waals surface area contributed by atoms with E-state index in [-0.39, 0.29) is 12.1 Å². The SMILES string of the molecule is CCSCCOC(=O)Cn1cc(N)ccc1=O. The van der Waals surface area contributed by atoms with Gasteiger partial charge >= 0.3 is 5.97 Å². The molecule has 0 spiro atoms. The summed E-state index contributed by atoms with van der Waals surface area (Å²) in [6.45, 7) is 2.31. The Bertz CT molecular complexity index is 431. The first kappa shape index (κ1) is 13.6. The molecule has 1 aromatic rings. The molecule has 0 saturated carbocycles. The monoisotopic (exact) mass is 256 g/mol. The summed E-state index contributed by atoms with van der Waals surface area (Å²) in [6, 6.07) is 2.83. The van der Waals surface area contributed by atoms with Crippen molar-refractivity contribution in [1.82, 2.24) is 4.57 Å². The van der Waals surface area contributed by atoms with Crippen LogP contribution in [0.15, 0.2) is 23.1 Å².